The maximum absolute atomic E-state index is 12.9. The van der Waals surface area contributed by atoms with Crippen molar-refractivity contribution in [2.75, 3.05) is 0 Å². The lowest BCUT2D eigenvalue weighted by Gasteiger charge is -2.16. The molecule has 8 heteroatoms. The summed E-state index contributed by atoms with van der Waals surface area (Å²) in [7, 11) is 0. The fraction of sp³-hybridized carbons (Fsp3) is 0.208. The molecule has 0 N–H and O–H groups in total. The molecular weight excluding hydrogens is 402 g/mol. The Morgan fingerprint density at radius 1 is 1.16 bits per heavy atom. The van der Waals surface area contributed by atoms with E-state index in [1.807, 2.05) is 39.0 Å². The first-order chi connectivity index (χ1) is 15.4. The van der Waals surface area contributed by atoms with Gasteiger partial charge in [0.15, 0.2) is 5.78 Å². The quantitative estimate of drug-likeness (QED) is 0.435. The minimum Gasteiger partial charge on any atom is -0.294 e. The Morgan fingerprint density at radius 2 is 1.94 bits per heavy atom. The van der Waals surface area contributed by atoms with Crippen molar-refractivity contribution in [3.8, 4) is 23.0 Å². The van der Waals surface area contributed by atoms with Gasteiger partial charge >= 0.3 is 0 Å². The van der Waals surface area contributed by atoms with Crippen molar-refractivity contribution in [2.45, 2.75) is 32.6 Å². The first kappa shape index (κ1) is 21.0. The lowest BCUT2D eigenvalue weighted by Crippen LogP contribution is -2.15. The Bertz CT molecular complexity index is 1320. The second-order valence-electron chi connectivity index (χ2n) is 8.04. The van der Waals surface area contributed by atoms with Crippen LogP contribution in [0, 0.1) is 18.3 Å². The number of rotatable bonds is 6. The van der Waals surface area contributed by atoms with E-state index in [4.69, 9.17) is 0 Å². The molecular formula is C24H21N7O. The molecule has 8 nitrogen and oxygen atoms in total. The summed E-state index contributed by atoms with van der Waals surface area (Å²) >= 11 is 0. The Kier molecular flexibility index (Phi) is 5.56. The summed E-state index contributed by atoms with van der Waals surface area (Å²) in [4.78, 5) is 25.4. The summed E-state index contributed by atoms with van der Waals surface area (Å²) in [6.45, 7) is 5.54. The van der Waals surface area contributed by atoms with Gasteiger partial charge in [0.1, 0.15) is 12.0 Å². The van der Waals surface area contributed by atoms with Crippen LogP contribution in [0.1, 0.15) is 41.0 Å². The number of hydrogen-bond acceptors (Lipinski definition) is 7. The highest BCUT2D eigenvalue weighted by atomic mass is 16.1. The van der Waals surface area contributed by atoms with Crippen molar-refractivity contribution in [3.05, 3.63) is 83.8 Å². The number of nitrogens with zero attached hydrogens (tertiary/aromatic N) is 7. The third-order valence-corrected chi connectivity index (χ3v) is 5.26. The number of benzene rings is 1. The third kappa shape index (κ3) is 4.27. The van der Waals surface area contributed by atoms with Crippen molar-refractivity contribution < 1.29 is 4.79 Å². The van der Waals surface area contributed by atoms with E-state index in [0.29, 0.717) is 11.3 Å². The smallest absolute Gasteiger partial charge is 0.167 e. The van der Waals surface area contributed by atoms with Gasteiger partial charge in [0.05, 0.1) is 29.1 Å². The second-order valence-corrected chi connectivity index (χ2v) is 8.04. The third-order valence-electron chi connectivity index (χ3n) is 5.26. The summed E-state index contributed by atoms with van der Waals surface area (Å²) in [6.07, 6.45) is 8.46. The fourth-order valence-electron chi connectivity index (χ4n) is 3.27. The van der Waals surface area contributed by atoms with Crippen molar-refractivity contribution in [3.63, 3.8) is 0 Å². The van der Waals surface area contributed by atoms with Crippen molar-refractivity contribution in [1.29, 1.82) is 5.26 Å². The van der Waals surface area contributed by atoms with Crippen LogP contribution in [-0.2, 0) is 11.8 Å². The zero-order valence-corrected chi connectivity index (χ0v) is 18.0. The average molecular weight is 423 g/mol. The molecule has 3 aromatic heterocycles. The van der Waals surface area contributed by atoms with Gasteiger partial charge in [-0.05, 0) is 44.0 Å². The zero-order chi connectivity index (χ0) is 22.7. The molecule has 0 aliphatic carbocycles. The van der Waals surface area contributed by atoms with Gasteiger partial charge in [-0.1, -0.05) is 23.4 Å². The molecule has 1 aromatic carbocycles. The molecule has 0 saturated heterocycles. The number of aryl methyl sites for hydroxylation is 1. The summed E-state index contributed by atoms with van der Waals surface area (Å²) < 4.78 is 1.63. The Labute approximate surface area is 185 Å². The standard InChI is InChI=1S/C24H21N7O/c1-16-22(31-13-21(29-30-31)19-11-26-15-27-12-19)7-17(10-28-16)8-23(32)18-5-4-6-20(9-18)24(2,3)14-25/h4-7,9-13,15H,8H2,1-3H3. The first-order valence-electron chi connectivity index (χ1n) is 10.1. The van der Waals surface area contributed by atoms with Crippen LogP contribution >= 0.6 is 0 Å². The van der Waals surface area contributed by atoms with E-state index < -0.39 is 5.41 Å². The van der Waals surface area contributed by atoms with Gasteiger partial charge in [-0.25, -0.2) is 14.6 Å². The van der Waals surface area contributed by atoms with Crippen molar-refractivity contribution in [1.82, 2.24) is 29.9 Å². The van der Waals surface area contributed by atoms with E-state index in [-0.39, 0.29) is 12.2 Å². The minimum atomic E-state index is -0.663. The largest absolute Gasteiger partial charge is 0.294 e. The molecule has 0 aliphatic rings. The van der Waals surface area contributed by atoms with E-state index in [1.165, 1.54) is 6.33 Å². The topological polar surface area (TPSA) is 110 Å². The predicted octanol–water partition coefficient (Wildman–Crippen LogP) is 3.65. The molecule has 0 atom stereocenters. The molecule has 0 spiro atoms. The zero-order valence-electron chi connectivity index (χ0n) is 18.0. The highest BCUT2D eigenvalue weighted by molar-refractivity contribution is 5.97. The molecule has 4 rings (SSSR count). The van der Waals surface area contributed by atoms with Gasteiger partial charge in [-0.3, -0.25) is 9.78 Å². The molecule has 0 radical (unpaired) electrons. The van der Waals surface area contributed by atoms with Gasteiger partial charge in [-0.15, -0.1) is 5.10 Å². The summed E-state index contributed by atoms with van der Waals surface area (Å²) in [5.74, 6) is -0.0436. The number of aromatic nitrogens is 6. The molecule has 4 aromatic rings. The van der Waals surface area contributed by atoms with E-state index in [2.05, 4.69) is 31.3 Å². The van der Waals surface area contributed by atoms with Crippen LogP contribution in [0.2, 0.25) is 0 Å². The van der Waals surface area contributed by atoms with Crippen LogP contribution in [0.25, 0.3) is 16.9 Å². The van der Waals surface area contributed by atoms with Crippen molar-refractivity contribution >= 4 is 5.78 Å². The molecule has 32 heavy (non-hydrogen) atoms. The van der Waals surface area contributed by atoms with Crippen LogP contribution in [0.5, 0.6) is 0 Å². The number of ketones is 1. The lowest BCUT2D eigenvalue weighted by atomic mass is 9.85. The van der Waals surface area contributed by atoms with E-state index >= 15 is 0 Å². The van der Waals surface area contributed by atoms with Gasteiger partial charge in [0.2, 0.25) is 0 Å². The highest BCUT2D eigenvalue weighted by Gasteiger charge is 2.21. The SMILES string of the molecule is Cc1ncc(CC(=O)c2cccc(C(C)(C)C#N)c2)cc1-n1cc(-c2cncnc2)nn1. The number of carbonyl (C=O) groups is 1. The Hall–Kier alpha value is -4.25. The maximum Gasteiger partial charge on any atom is 0.167 e. The van der Waals surface area contributed by atoms with E-state index in [0.717, 1.165) is 28.1 Å². The van der Waals surface area contributed by atoms with Crippen molar-refractivity contribution in [2.24, 2.45) is 0 Å². The molecule has 0 aliphatic heterocycles. The van der Waals surface area contributed by atoms with E-state index in [9.17, 15) is 10.1 Å². The van der Waals surface area contributed by atoms with Gasteiger partial charge in [-0.2, -0.15) is 5.26 Å². The summed E-state index contributed by atoms with van der Waals surface area (Å²) in [5, 5.41) is 17.8. The summed E-state index contributed by atoms with van der Waals surface area (Å²) in [6, 6.07) is 11.4. The van der Waals surface area contributed by atoms with Gasteiger partial charge in [0.25, 0.3) is 0 Å². The number of pyridine rings is 1. The second kappa shape index (κ2) is 8.47. The van der Waals surface area contributed by atoms with Gasteiger partial charge < -0.3 is 0 Å². The fourth-order valence-corrected chi connectivity index (χ4v) is 3.27. The number of nitriles is 1. The molecule has 0 saturated carbocycles. The highest BCUT2D eigenvalue weighted by Crippen LogP contribution is 2.24. The molecule has 0 unspecified atom stereocenters. The minimum absolute atomic E-state index is 0.0436. The molecule has 158 valence electrons. The maximum atomic E-state index is 12.9. The lowest BCUT2D eigenvalue weighted by molar-refractivity contribution is 0.0992. The van der Waals surface area contributed by atoms with E-state index in [1.54, 1.807) is 41.6 Å². The average Bonchev–Trinajstić information content (AvgIpc) is 3.31. The molecule has 3 heterocycles. The molecule has 0 amide bonds. The Balaban J connectivity index is 1.59. The number of carbonyl (C=O) groups excluding carboxylic acids is 1. The van der Waals surface area contributed by atoms with Crippen LogP contribution < -0.4 is 0 Å². The monoisotopic (exact) mass is 423 g/mol. The summed E-state index contributed by atoms with van der Waals surface area (Å²) in [5.41, 5.74) is 4.39. The Morgan fingerprint density at radius 3 is 2.69 bits per heavy atom. The van der Waals surface area contributed by atoms with Crippen LogP contribution in [0.3, 0.4) is 0 Å². The van der Waals surface area contributed by atoms with Gasteiger partial charge in [0, 0.05) is 36.1 Å². The normalized spacial score (nSPS) is 11.2. The number of Topliss-reactive ketones (excluding diaryl/α,β-unsaturated/α-hetero) is 1. The van der Waals surface area contributed by atoms with Crippen LogP contribution in [-0.4, -0.2) is 35.7 Å². The first-order valence-corrected chi connectivity index (χ1v) is 10.1. The van der Waals surface area contributed by atoms with Crippen LogP contribution in [0.4, 0.5) is 0 Å². The predicted molar refractivity (Wildman–Crippen MR) is 118 cm³/mol. The molecule has 0 fully saturated rings. The van der Waals surface area contributed by atoms with Crippen LogP contribution in [0.15, 0.2) is 61.4 Å². The number of hydrogen-bond donors (Lipinski definition) is 0. The molecule has 0 bridgehead atoms.